The highest BCUT2D eigenvalue weighted by atomic mass is 16.2. The van der Waals surface area contributed by atoms with Gasteiger partial charge in [0.2, 0.25) is 11.8 Å². The summed E-state index contributed by atoms with van der Waals surface area (Å²) in [5, 5.41) is 6.02. The lowest BCUT2D eigenvalue weighted by molar-refractivity contribution is -0.127. The lowest BCUT2D eigenvalue weighted by Gasteiger charge is -2.25. The van der Waals surface area contributed by atoms with Gasteiger partial charge in [0, 0.05) is 11.7 Å². The number of nitrogens with one attached hydrogen (secondary N) is 2. The number of rotatable bonds is 6. The van der Waals surface area contributed by atoms with Gasteiger partial charge in [-0.2, -0.15) is 0 Å². The Kier molecular flexibility index (Phi) is 6.37. The van der Waals surface area contributed by atoms with Crippen LogP contribution < -0.4 is 10.6 Å². The molecule has 1 aromatic rings. The number of nitrogens with zero attached hydrogens (tertiary/aromatic N) is 1. The van der Waals surface area contributed by atoms with E-state index in [1.54, 1.807) is 4.90 Å². The summed E-state index contributed by atoms with van der Waals surface area (Å²) in [5.74, 6) is -0.101. The van der Waals surface area contributed by atoms with Crippen molar-refractivity contribution in [2.24, 2.45) is 0 Å². The average molecular weight is 331 g/mol. The highest BCUT2D eigenvalue weighted by Crippen LogP contribution is 2.19. The molecule has 2 rings (SSSR count). The first-order valence-electron chi connectivity index (χ1n) is 8.75. The number of benzene rings is 1. The molecule has 0 heterocycles. The van der Waals surface area contributed by atoms with Crippen LogP contribution in [0.3, 0.4) is 0 Å². The topological polar surface area (TPSA) is 61.4 Å². The van der Waals surface area contributed by atoms with Crippen LogP contribution in [0.5, 0.6) is 0 Å². The maximum atomic E-state index is 12.3. The van der Waals surface area contributed by atoms with Crippen molar-refractivity contribution in [2.45, 2.75) is 58.5 Å². The summed E-state index contributed by atoms with van der Waals surface area (Å²) in [5.41, 5.74) is 3.04. The molecule has 1 atom stereocenters. The molecule has 0 spiro atoms. The van der Waals surface area contributed by atoms with Gasteiger partial charge < -0.3 is 10.6 Å². The van der Waals surface area contributed by atoms with E-state index < -0.39 is 0 Å². The summed E-state index contributed by atoms with van der Waals surface area (Å²) in [6.07, 6.45) is 4.51. The van der Waals surface area contributed by atoms with Crippen molar-refractivity contribution in [3.8, 4) is 0 Å². The number of anilines is 1. The van der Waals surface area contributed by atoms with Crippen LogP contribution in [0, 0.1) is 13.8 Å². The third-order valence-corrected chi connectivity index (χ3v) is 5.01. The van der Waals surface area contributed by atoms with Gasteiger partial charge in [0.05, 0.1) is 12.6 Å². The highest BCUT2D eigenvalue weighted by Gasteiger charge is 2.24. The van der Waals surface area contributed by atoms with Gasteiger partial charge in [0.25, 0.3) is 0 Å². The molecule has 0 aromatic heterocycles. The Morgan fingerprint density at radius 1 is 1.25 bits per heavy atom. The molecule has 5 nitrogen and oxygen atoms in total. The maximum Gasteiger partial charge on any atom is 0.238 e. The van der Waals surface area contributed by atoms with Gasteiger partial charge in [-0.3, -0.25) is 14.5 Å². The summed E-state index contributed by atoms with van der Waals surface area (Å²) in [6.45, 7) is 6.04. The van der Waals surface area contributed by atoms with E-state index in [4.69, 9.17) is 0 Å². The summed E-state index contributed by atoms with van der Waals surface area (Å²) in [4.78, 5) is 26.4. The van der Waals surface area contributed by atoms with Crippen LogP contribution in [0.4, 0.5) is 5.69 Å². The Labute approximate surface area is 144 Å². The van der Waals surface area contributed by atoms with Crippen LogP contribution in [0.1, 0.15) is 43.7 Å². The molecule has 0 aliphatic heterocycles. The number of carbonyl (C=O) groups excluding carboxylic acids is 2. The summed E-state index contributed by atoms with van der Waals surface area (Å²) in [6, 6.07) is 5.83. The molecule has 5 heteroatoms. The van der Waals surface area contributed by atoms with Gasteiger partial charge in [-0.25, -0.2) is 0 Å². The molecule has 1 aliphatic rings. The zero-order chi connectivity index (χ0) is 17.7. The first-order valence-corrected chi connectivity index (χ1v) is 8.75. The minimum absolute atomic E-state index is 0.00364. The normalized spacial score (nSPS) is 16.2. The van der Waals surface area contributed by atoms with Crippen molar-refractivity contribution in [3.63, 3.8) is 0 Å². The summed E-state index contributed by atoms with van der Waals surface area (Å²) < 4.78 is 0. The largest absolute Gasteiger partial charge is 0.352 e. The third kappa shape index (κ3) is 4.81. The molecule has 132 valence electrons. The molecule has 0 bridgehead atoms. The smallest absolute Gasteiger partial charge is 0.238 e. The van der Waals surface area contributed by atoms with E-state index in [0.29, 0.717) is 6.04 Å². The Morgan fingerprint density at radius 3 is 2.58 bits per heavy atom. The molecule has 1 aromatic carbocycles. The second-order valence-electron chi connectivity index (χ2n) is 6.88. The SMILES string of the molecule is Cc1cccc(NC(=O)CN(C)C(C)C(=O)NC2CCCC2)c1C. The predicted octanol–water partition coefficient (Wildman–Crippen LogP) is 2.62. The van der Waals surface area contributed by atoms with Crippen molar-refractivity contribution in [1.82, 2.24) is 10.2 Å². The van der Waals surface area contributed by atoms with Gasteiger partial charge >= 0.3 is 0 Å². The number of likely N-dealkylation sites (N-methyl/N-ethyl adjacent to an activating group) is 1. The van der Waals surface area contributed by atoms with E-state index in [9.17, 15) is 9.59 Å². The van der Waals surface area contributed by atoms with E-state index in [2.05, 4.69) is 10.6 Å². The number of amides is 2. The molecule has 1 saturated carbocycles. The second-order valence-corrected chi connectivity index (χ2v) is 6.88. The Hall–Kier alpha value is -1.88. The van der Waals surface area contributed by atoms with E-state index in [1.807, 2.05) is 46.0 Å². The number of hydrogen-bond donors (Lipinski definition) is 2. The van der Waals surface area contributed by atoms with Crippen LogP contribution >= 0.6 is 0 Å². The van der Waals surface area contributed by atoms with Crippen LogP contribution in [0.15, 0.2) is 18.2 Å². The minimum Gasteiger partial charge on any atom is -0.352 e. The Balaban J connectivity index is 1.85. The second kappa shape index (κ2) is 8.29. The Morgan fingerprint density at radius 2 is 1.92 bits per heavy atom. The lowest BCUT2D eigenvalue weighted by Crippen LogP contribution is -2.48. The molecule has 1 unspecified atom stereocenters. The van der Waals surface area contributed by atoms with Gasteiger partial charge in [-0.05, 0) is 57.9 Å². The summed E-state index contributed by atoms with van der Waals surface area (Å²) in [7, 11) is 1.81. The third-order valence-electron chi connectivity index (χ3n) is 5.01. The van der Waals surface area contributed by atoms with E-state index in [0.717, 1.165) is 29.7 Å². The molecular formula is C19H29N3O2. The standard InChI is InChI=1S/C19H29N3O2/c1-13-8-7-11-17(14(13)2)21-18(23)12-22(4)15(3)19(24)20-16-9-5-6-10-16/h7-8,11,15-16H,5-6,9-10,12H2,1-4H3,(H,20,24)(H,21,23). The van der Waals surface area contributed by atoms with Crippen molar-refractivity contribution >= 4 is 17.5 Å². The van der Waals surface area contributed by atoms with Crippen LogP contribution in [-0.4, -0.2) is 42.4 Å². The first-order chi connectivity index (χ1) is 11.4. The molecule has 0 saturated heterocycles. The molecule has 1 fully saturated rings. The van der Waals surface area contributed by atoms with Crippen molar-refractivity contribution in [3.05, 3.63) is 29.3 Å². The first kappa shape index (κ1) is 18.5. The monoisotopic (exact) mass is 331 g/mol. The fourth-order valence-corrected chi connectivity index (χ4v) is 3.03. The predicted molar refractivity (Wildman–Crippen MR) is 97.0 cm³/mol. The molecular weight excluding hydrogens is 302 g/mol. The lowest BCUT2D eigenvalue weighted by atomic mass is 10.1. The number of aryl methyl sites for hydroxylation is 1. The van der Waals surface area contributed by atoms with Crippen molar-refractivity contribution in [2.75, 3.05) is 18.9 Å². The zero-order valence-corrected chi connectivity index (χ0v) is 15.2. The average Bonchev–Trinajstić information content (AvgIpc) is 3.03. The van der Waals surface area contributed by atoms with E-state index in [1.165, 1.54) is 12.8 Å². The van der Waals surface area contributed by atoms with Crippen molar-refractivity contribution in [1.29, 1.82) is 0 Å². The van der Waals surface area contributed by atoms with Gasteiger partial charge in [0.1, 0.15) is 0 Å². The summed E-state index contributed by atoms with van der Waals surface area (Å²) >= 11 is 0. The molecule has 2 N–H and O–H groups in total. The Bertz CT molecular complexity index is 594. The van der Waals surface area contributed by atoms with E-state index in [-0.39, 0.29) is 24.4 Å². The van der Waals surface area contributed by atoms with Gasteiger partial charge in [0.15, 0.2) is 0 Å². The zero-order valence-electron chi connectivity index (χ0n) is 15.2. The van der Waals surface area contributed by atoms with Gasteiger partial charge in [-0.1, -0.05) is 25.0 Å². The molecule has 0 radical (unpaired) electrons. The van der Waals surface area contributed by atoms with Crippen LogP contribution in [0.25, 0.3) is 0 Å². The maximum absolute atomic E-state index is 12.3. The number of hydrogen-bond acceptors (Lipinski definition) is 3. The molecule has 1 aliphatic carbocycles. The van der Waals surface area contributed by atoms with E-state index >= 15 is 0 Å². The minimum atomic E-state index is -0.324. The van der Waals surface area contributed by atoms with Gasteiger partial charge in [-0.15, -0.1) is 0 Å². The fraction of sp³-hybridized carbons (Fsp3) is 0.579. The highest BCUT2D eigenvalue weighted by molar-refractivity contribution is 5.93. The molecule has 2 amide bonds. The fourth-order valence-electron chi connectivity index (χ4n) is 3.03. The van der Waals surface area contributed by atoms with Crippen LogP contribution in [-0.2, 0) is 9.59 Å². The quantitative estimate of drug-likeness (QED) is 0.842. The van der Waals surface area contributed by atoms with Crippen molar-refractivity contribution < 1.29 is 9.59 Å². The molecule has 24 heavy (non-hydrogen) atoms. The number of carbonyl (C=O) groups is 2. The van der Waals surface area contributed by atoms with Crippen LogP contribution in [0.2, 0.25) is 0 Å².